The number of nitro benzene ring substituents is 1. The maximum absolute atomic E-state index is 11.9. The molecule has 2 aromatic rings. The number of non-ortho nitro benzene ring substituents is 1. The number of hydrogen-bond acceptors (Lipinski definition) is 4. The lowest BCUT2D eigenvalue weighted by atomic mass is 10.1. The first kappa shape index (κ1) is 14.0. The van der Waals surface area contributed by atoms with E-state index < -0.39 is 4.92 Å². The van der Waals surface area contributed by atoms with Crippen LogP contribution in [0.1, 0.15) is 10.4 Å². The van der Waals surface area contributed by atoms with E-state index in [9.17, 15) is 14.9 Å². The maximum atomic E-state index is 11.9. The molecule has 0 amide bonds. The molecule has 0 aromatic heterocycles. The molecule has 0 N–H and O–H groups in total. The number of hydrogen-bond donors (Lipinski definition) is 0. The molecule has 0 radical (unpaired) electrons. The molecule has 0 unspecified atom stereocenters. The number of nitro groups is 1. The number of carbonyl (C=O) groups is 1. The zero-order valence-electron chi connectivity index (χ0n) is 10.3. The first-order valence-electron chi connectivity index (χ1n) is 5.73. The van der Waals surface area contributed by atoms with Gasteiger partial charge < -0.3 is 4.74 Å². The summed E-state index contributed by atoms with van der Waals surface area (Å²) in [6.07, 6.45) is 0. The minimum atomic E-state index is -0.501. The van der Waals surface area contributed by atoms with Crippen molar-refractivity contribution in [3.63, 3.8) is 0 Å². The molecule has 20 heavy (non-hydrogen) atoms. The predicted molar refractivity (Wildman–Crippen MR) is 74.4 cm³/mol. The SMILES string of the molecule is O=C(COc1ccc([N+](=O)[O-])cc1)c1ccccc1Cl. The molecule has 0 atom stereocenters. The van der Waals surface area contributed by atoms with Gasteiger partial charge in [0.1, 0.15) is 5.75 Å². The van der Waals surface area contributed by atoms with E-state index in [0.717, 1.165) is 0 Å². The molecule has 6 heteroatoms. The van der Waals surface area contributed by atoms with Crippen molar-refractivity contribution in [1.29, 1.82) is 0 Å². The number of carbonyl (C=O) groups excluding carboxylic acids is 1. The van der Waals surface area contributed by atoms with Gasteiger partial charge in [0.15, 0.2) is 6.61 Å². The zero-order valence-corrected chi connectivity index (χ0v) is 11.0. The van der Waals surface area contributed by atoms with Gasteiger partial charge in [-0.15, -0.1) is 0 Å². The average Bonchev–Trinajstić information content (AvgIpc) is 2.45. The third-order valence-electron chi connectivity index (χ3n) is 2.59. The van der Waals surface area contributed by atoms with Gasteiger partial charge in [0, 0.05) is 17.7 Å². The molecule has 2 rings (SSSR count). The van der Waals surface area contributed by atoms with Crippen LogP contribution < -0.4 is 4.74 Å². The van der Waals surface area contributed by atoms with Crippen molar-refractivity contribution < 1.29 is 14.5 Å². The van der Waals surface area contributed by atoms with Gasteiger partial charge in [0.05, 0.1) is 9.95 Å². The highest BCUT2D eigenvalue weighted by Gasteiger charge is 2.11. The molecule has 2 aromatic carbocycles. The Hall–Kier alpha value is -2.40. The molecule has 0 aliphatic carbocycles. The Bertz CT molecular complexity index is 640. The molecule has 0 heterocycles. The van der Waals surface area contributed by atoms with E-state index in [-0.39, 0.29) is 18.1 Å². The first-order valence-corrected chi connectivity index (χ1v) is 6.10. The smallest absolute Gasteiger partial charge is 0.269 e. The van der Waals surface area contributed by atoms with Gasteiger partial charge in [-0.25, -0.2) is 0 Å². The Kier molecular flexibility index (Phi) is 4.32. The summed E-state index contributed by atoms with van der Waals surface area (Å²) in [4.78, 5) is 21.9. The summed E-state index contributed by atoms with van der Waals surface area (Å²) in [6, 6.07) is 12.2. The van der Waals surface area contributed by atoms with Crippen molar-refractivity contribution >= 4 is 23.1 Å². The van der Waals surface area contributed by atoms with E-state index >= 15 is 0 Å². The van der Waals surface area contributed by atoms with Gasteiger partial charge in [0.2, 0.25) is 5.78 Å². The highest BCUT2D eigenvalue weighted by molar-refractivity contribution is 6.34. The van der Waals surface area contributed by atoms with E-state index in [1.807, 2.05) is 0 Å². The van der Waals surface area contributed by atoms with Crippen LogP contribution in [0.5, 0.6) is 5.75 Å². The normalized spacial score (nSPS) is 10.1. The van der Waals surface area contributed by atoms with E-state index in [2.05, 4.69) is 0 Å². The van der Waals surface area contributed by atoms with Crippen LogP contribution in [-0.2, 0) is 0 Å². The number of ether oxygens (including phenoxy) is 1. The molecular weight excluding hydrogens is 282 g/mol. The number of rotatable bonds is 5. The molecule has 0 saturated heterocycles. The summed E-state index contributed by atoms with van der Waals surface area (Å²) in [5, 5.41) is 10.9. The molecule has 0 aliphatic rings. The summed E-state index contributed by atoms with van der Waals surface area (Å²) < 4.78 is 5.28. The Morgan fingerprint density at radius 3 is 2.40 bits per heavy atom. The fourth-order valence-corrected chi connectivity index (χ4v) is 1.82. The Morgan fingerprint density at radius 2 is 1.80 bits per heavy atom. The molecule has 102 valence electrons. The van der Waals surface area contributed by atoms with Crippen LogP contribution in [0.15, 0.2) is 48.5 Å². The van der Waals surface area contributed by atoms with Gasteiger partial charge in [-0.1, -0.05) is 23.7 Å². The number of Topliss-reactive ketones (excluding diaryl/α,β-unsaturated/α-hetero) is 1. The third kappa shape index (κ3) is 3.33. The van der Waals surface area contributed by atoms with Gasteiger partial charge in [-0.3, -0.25) is 14.9 Å². The van der Waals surface area contributed by atoms with Crippen LogP contribution in [0.3, 0.4) is 0 Å². The Balaban J connectivity index is 2.00. The molecule has 0 bridgehead atoms. The predicted octanol–water partition coefficient (Wildman–Crippen LogP) is 3.51. The van der Waals surface area contributed by atoms with E-state index in [1.165, 1.54) is 24.3 Å². The second kappa shape index (κ2) is 6.16. The van der Waals surface area contributed by atoms with Crippen LogP contribution >= 0.6 is 11.6 Å². The lowest BCUT2D eigenvalue weighted by molar-refractivity contribution is -0.384. The fraction of sp³-hybridized carbons (Fsp3) is 0.0714. The molecule has 0 spiro atoms. The van der Waals surface area contributed by atoms with Crippen molar-refractivity contribution in [2.45, 2.75) is 0 Å². The second-order valence-corrected chi connectivity index (χ2v) is 4.35. The van der Waals surface area contributed by atoms with Gasteiger partial charge >= 0.3 is 0 Å². The van der Waals surface area contributed by atoms with Crippen molar-refractivity contribution in [2.75, 3.05) is 6.61 Å². The molecule has 5 nitrogen and oxygen atoms in total. The largest absolute Gasteiger partial charge is 0.485 e. The van der Waals surface area contributed by atoms with E-state index in [4.69, 9.17) is 16.3 Å². The highest BCUT2D eigenvalue weighted by atomic mass is 35.5. The fourth-order valence-electron chi connectivity index (χ4n) is 1.58. The summed E-state index contributed by atoms with van der Waals surface area (Å²) in [5.74, 6) is 0.130. The van der Waals surface area contributed by atoms with E-state index in [0.29, 0.717) is 16.3 Å². The first-order chi connectivity index (χ1) is 9.58. The monoisotopic (exact) mass is 291 g/mol. The van der Waals surface area contributed by atoms with Crippen LogP contribution in [0, 0.1) is 10.1 Å². The summed E-state index contributed by atoms with van der Waals surface area (Å²) >= 11 is 5.91. The second-order valence-electron chi connectivity index (χ2n) is 3.94. The number of benzene rings is 2. The van der Waals surface area contributed by atoms with Gasteiger partial charge in [-0.2, -0.15) is 0 Å². The molecule has 0 saturated carbocycles. The zero-order chi connectivity index (χ0) is 14.5. The third-order valence-corrected chi connectivity index (χ3v) is 2.92. The Labute approximate surface area is 119 Å². The lowest BCUT2D eigenvalue weighted by Crippen LogP contribution is -2.12. The quantitative estimate of drug-likeness (QED) is 0.480. The van der Waals surface area contributed by atoms with Crippen molar-refractivity contribution in [3.05, 3.63) is 69.2 Å². The van der Waals surface area contributed by atoms with Gasteiger partial charge in [0.25, 0.3) is 5.69 Å². The lowest BCUT2D eigenvalue weighted by Gasteiger charge is -2.06. The minimum Gasteiger partial charge on any atom is -0.485 e. The summed E-state index contributed by atoms with van der Waals surface area (Å²) in [5.41, 5.74) is 0.353. The molecular formula is C14H10ClNO4. The highest BCUT2D eigenvalue weighted by Crippen LogP contribution is 2.19. The topological polar surface area (TPSA) is 69.4 Å². The van der Waals surface area contributed by atoms with Crippen molar-refractivity contribution in [1.82, 2.24) is 0 Å². The maximum Gasteiger partial charge on any atom is 0.269 e. The molecule has 0 aliphatic heterocycles. The summed E-state index contributed by atoms with van der Waals surface area (Å²) in [7, 11) is 0. The van der Waals surface area contributed by atoms with E-state index in [1.54, 1.807) is 24.3 Å². The van der Waals surface area contributed by atoms with Crippen LogP contribution in [0.4, 0.5) is 5.69 Å². The van der Waals surface area contributed by atoms with Gasteiger partial charge in [-0.05, 0) is 24.3 Å². The van der Waals surface area contributed by atoms with Crippen molar-refractivity contribution in [2.24, 2.45) is 0 Å². The standard InChI is InChI=1S/C14H10ClNO4/c15-13-4-2-1-3-12(13)14(17)9-20-11-7-5-10(6-8-11)16(18)19/h1-8H,9H2. The average molecular weight is 292 g/mol. The van der Waals surface area contributed by atoms with Crippen LogP contribution in [0.2, 0.25) is 5.02 Å². The summed E-state index contributed by atoms with van der Waals surface area (Å²) in [6.45, 7) is -0.179. The van der Waals surface area contributed by atoms with Crippen LogP contribution in [-0.4, -0.2) is 17.3 Å². The van der Waals surface area contributed by atoms with Crippen LogP contribution in [0.25, 0.3) is 0 Å². The number of halogens is 1. The minimum absolute atomic E-state index is 0.0326. The molecule has 0 fully saturated rings. The number of ketones is 1. The Morgan fingerprint density at radius 1 is 1.15 bits per heavy atom. The number of nitrogens with zero attached hydrogens (tertiary/aromatic N) is 1. The van der Waals surface area contributed by atoms with Crippen molar-refractivity contribution in [3.8, 4) is 5.75 Å².